The van der Waals surface area contributed by atoms with Crippen molar-refractivity contribution in [2.24, 2.45) is 17.6 Å². The number of nitrogens with one attached hydrogen (secondary N) is 4. The number of nitrogens with zero attached hydrogens (tertiary/aromatic N) is 4. The first-order valence-corrected chi connectivity index (χ1v) is 40.5. The highest BCUT2D eigenvalue weighted by molar-refractivity contribution is 6.36. The molecule has 0 aromatic heterocycles. The molecule has 8 N–H and O–H groups in total. The van der Waals surface area contributed by atoms with Gasteiger partial charge in [0.25, 0.3) is 0 Å². The molecular weight excluding hydrogens is 1550 g/mol. The van der Waals surface area contributed by atoms with E-state index in [2.05, 4.69) is 21.3 Å². The number of likely N-dealkylation sites (N-methyl/N-ethyl adjacent to an activating group) is 2. The number of unbranched alkanes of at least 4 members (excludes halogenated alkanes) is 4. The van der Waals surface area contributed by atoms with Crippen molar-refractivity contribution in [1.82, 2.24) is 31.1 Å². The molecule has 2 aromatic carbocycles. The second kappa shape index (κ2) is 40.8. The van der Waals surface area contributed by atoms with Gasteiger partial charge in [-0.25, -0.2) is 19.2 Å². The quantitative estimate of drug-likeness (QED) is 0.0182. The molecule has 0 spiro atoms. The van der Waals surface area contributed by atoms with Gasteiger partial charge in [-0.3, -0.25) is 39.4 Å². The summed E-state index contributed by atoms with van der Waals surface area (Å²) in [5.41, 5.74) is 3.91. The molecule has 4 saturated heterocycles. The van der Waals surface area contributed by atoms with Crippen LogP contribution in [0.1, 0.15) is 169 Å². The Hall–Kier alpha value is -8.40. The number of alkyl carbamates (subject to hydrolysis) is 2. The molecule has 31 nitrogen and oxygen atoms in total. The van der Waals surface area contributed by atoms with Crippen LogP contribution in [0.4, 0.5) is 21.0 Å². The van der Waals surface area contributed by atoms with Crippen LogP contribution in [0.15, 0.2) is 71.9 Å². The van der Waals surface area contributed by atoms with Crippen molar-refractivity contribution in [2.75, 3.05) is 79.5 Å². The highest BCUT2D eigenvalue weighted by Gasteiger charge is 2.66. The number of carbonyl (C=O) groups excluding carboxylic acids is 10. The van der Waals surface area contributed by atoms with Crippen molar-refractivity contribution in [2.45, 2.75) is 261 Å². The number of aliphatic hydroxyl groups is 2. The third kappa shape index (κ3) is 23.5. The first-order chi connectivity index (χ1) is 54.7. The second-order valence-electron chi connectivity index (χ2n) is 32.0. The van der Waals surface area contributed by atoms with Crippen molar-refractivity contribution in [3.05, 3.63) is 93.0 Å². The van der Waals surface area contributed by atoms with Gasteiger partial charge in [-0.2, -0.15) is 0 Å². The Balaban J connectivity index is 0.735. The zero-order valence-corrected chi connectivity index (χ0v) is 71.1. The molecule has 4 unspecified atom stereocenters. The highest BCUT2D eigenvalue weighted by Crippen LogP contribution is 2.51. The fraction of sp³-hybridized carbons (Fsp3) is 0.639. The predicted molar refractivity (Wildman–Crippen MR) is 431 cm³/mol. The van der Waals surface area contributed by atoms with Crippen LogP contribution in [0.25, 0.3) is 0 Å². The van der Waals surface area contributed by atoms with Crippen molar-refractivity contribution >= 4 is 94.1 Å². The number of rotatable bonds is 28. The van der Waals surface area contributed by atoms with Crippen LogP contribution in [-0.2, 0) is 89.1 Å². The summed E-state index contributed by atoms with van der Waals surface area (Å²) < 4.78 is 59.2. The molecule has 8 amide bonds. The third-order valence-electron chi connectivity index (χ3n) is 23.3. The van der Waals surface area contributed by atoms with E-state index in [0.717, 1.165) is 22.3 Å². The number of allylic oxidation sites excluding steroid dienone is 6. The Morgan fingerprint density at radius 2 is 0.974 bits per heavy atom. The molecule has 8 bridgehead atoms. The molecule has 0 radical (unpaired) electrons. The van der Waals surface area contributed by atoms with Crippen molar-refractivity contribution < 1.29 is 106 Å². The van der Waals surface area contributed by atoms with Crippen LogP contribution in [0, 0.1) is 11.8 Å². The maximum Gasteiger partial charge on any atom is 0.409 e. The van der Waals surface area contributed by atoms with Crippen molar-refractivity contribution in [3.8, 4) is 11.5 Å². The summed E-state index contributed by atoms with van der Waals surface area (Å²) in [6.45, 7) is 14.5. The lowest BCUT2D eigenvalue weighted by atomic mass is 9.83. The van der Waals surface area contributed by atoms with Crippen LogP contribution < -0.4 is 46.3 Å². The number of esters is 2. The second-order valence-corrected chi connectivity index (χ2v) is 32.7. The largest absolute Gasteiger partial charge is 0.495 e. The third-order valence-corrected chi connectivity index (χ3v) is 24.1. The number of anilines is 2. The average Bonchev–Trinajstić information content (AvgIpc) is 1.51. The van der Waals surface area contributed by atoms with E-state index >= 15 is 0 Å². The summed E-state index contributed by atoms with van der Waals surface area (Å²) in [5, 5.41) is 35.0. The summed E-state index contributed by atoms with van der Waals surface area (Å²) in [6, 6.07) is 4.45. The van der Waals surface area contributed by atoms with Crippen molar-refractivity contribution in [3.63, 3.8) is 0 Å². The van der Waals surface area contributed by atoms with Gasteiger partial charge in [0.15, 0.2) is 11.4 Å². The van der Waals surface area contributed by atoms with Gasteiger partial charge in [0, 0.05) is 112 Å². The fourth-order valence-corrected chi connectivity index (χ4v) is 16.0. The summed E-state index contributed by atoms with van der Waals surface area (Å²) in [7, 11) is 11.8. The number of amides is 8. The number of ether oxygens (including phenoxy) is 10. The number of hydrogen-bond donors (Lipinski definition) is 7. The molecule has 6 aliphatic heterocycles. The van der Waals surface area contributed by atoms with Gasteiger partial charge in [0.1, 0.15) is 81.5 Å². The number of benzene rings is 2. The van der Waals surface area contributed by atoms with Crippen LogP contribution in [0.5, 0.6) is 11.5 Å². The first-order valence-electron chi connectivity index (χ1n) is 39.7. The Kier molecular flexibility index (Phi) is 32.8. The van der Waals surface area contributed by atoms with E-state index in [1.807, 2.05) is 26.0 Å². The van der Waals surface area contributed by atoms with Crippen LogP contribution >= 0.6 is 23.2 Å². The fourth-order valence-electron chi connectivity index (χ4n) is 15.4. The molecule has 8 rings (SSSR count). The Morgan fingerprint density at radius 3 is 1.33 bits per heavy atom. The Morgan fingerprint density at radius 1 is 0.603 bits per heavy atom. The maximum atomic E-state index is 14.5. The lowest BCUT2D eigenvalue weighted by Gasteiger charge is -2.42. The van der Waals surface area contributed by atoms with Gasteiger partial charge in [-0.1, -0.05) is 97.5 Å². The molecule has 6 heterocycles. The number of hydrogen-bond acceptors (Lipinski definition) is 23. The minimum atomic E-state index is -1.89. The summed E-state index contributed by atoms with van der Waals surface area (Å²) in [6.07, 6.45) is 5.02. The molecule has 16 atom stereocenters. The Labute approximate surface area is 689 Å². The number of epoxide rings is 2. The van der Waals surface area contributed by atoms with E-state index in [1.54, 1.807) is 90.4 Å². The molecule has 2 aromatic rings. The van der Waals surface area contributed by atoms with Crippen LogP contribution in [0.3, 0.4) is 0 Å². The molecule has 0 saturated carbocycles. The van der Waals surface area contributed by atoms with E-state index in [-0.39, 0.29) is 85.0 Å². The van der Waals surface area contributed by atoms with E-state index in [9.17, 15) is 58.2 Å². The minimum absolute atomic E-state index is 0.0860. The standard InChI is InChI=1S/C83H119Cl2N9O22/c1-47-25-23-27-62(109-15)82(105)45-60(111-78(103)89-82)49(3)74-80(7,115-74)64(43-70(99)93(11)56-39-53(37-47)41-58(107-13)72(56)84)113-76(101)51(5)91(9)68(97)29-19-17-21-35-87-66(95)33-31-55(86)32-34-67(96)88-36-22-18-20-30-69(98)92(10)52(6)77(102)114-65-44-71(100)94(12)57-40-54(42-59(108-14)73(57)85)38-48(2)26-24-28-63(110-16)83(106)46-61(112-79(104)90-83)50(4)75-81(65,8)116-75/h23-28,39-42,49-52,55,60-65,74-75,105-106H,17-22,29-38,43-46,86H2,1-16H3,(H,87,95)(H,88,96)(H,89,103)(H,90,104)/b27-23+,28-24+,47-25+,48-26+/t49-,50-,51+,52+,55?,60?,61?,62-,63-,64+,65+,74?,75?,80+,81+,82+,83+/m1/s1. The summed E-state index contributed by atoms with van der Waals surface area (Å²) in [5.74, 6) is -4.23. The molecule has 6 aliphatic rings. The van der Waals surface area contributed by atoms with Gasteiger partial charge in [-0.05, 0) is 128 Å². The topological polar surface area (TPSA) is 397 Å². The number of fused-ring (bicyclic) bond motifs is 10. The zero-order chi connectivity index (χ0) is 85.5. The maximum absolute atomic E-state index is 14.5. The molecule has 116 heavy (non-hydrogen) atoms. The zero-order valence-electron chi connectivity index (χ0n) is 69.6. The summed E-state index contributed by atoms with van der Waals surface area (Å²) in [4.78, 5) is 142. The monoisotopic (exact) mass is 1660 g/mol. The van der Waals surface area contributed by atoms with Gasteiger partial charge < -0.3 is 93.5 Å². The molecule has 4 fully saturated rings. The summed E-state index contributed by atoms with van der Waals surface area (Å²) >= 11 is 13.7. The first kappa shape index (κ1) is 93.1. The van der Waals surface area contributed by atoms with Gasteiger partial charge >= 0.3 is 24.1 Å². The smallest absolute Gasteiger partial charge is 0.409 e. The lowest BCUT2D eigenvalue weighted by molar-refractivity contribution is -0.162. The van der Waals surface area contributed by atoms with Crippen LogP contribution in [0.2, 0.25) is 10.0 Å². The van der Waals surface area contributed by atoms with E-state index in [0.29, 0.717) is 100 Å². The number of nitrogens with two attached hydrogens (primary N) is 1. The SMILES string of the molecule is COc1cc2cc(c1Cl)N(C)C(=O)C[C@H](OC(=O)[C@H](C)N(C)C(=O)CCCCCNC(=O)CCC(N)CCC(=O)NCCCCCC(=O)N(C)[C@@H](C)C(=O)O[C@H]1CC(=O)N(C)c3cc(cc(OC)c3Cl)C/C(C)=C/C=C/[C@@H](OC)[C@@]3(O)CC(OC(=O)N3)[C@@H](C)C3O[C@]31C)[C@]1(C)OC1[C@H](C)C1C[C@@](O)(NC(=O)O1)[C@H](OC)/C=C/C=C(\C)C2. The predicted octanol–water partition coefficient (Wildman–Crippen LogP) is 8.28. The molecular formula is C83H119Cl2N9O22. The van der Waals surface area contributed by atoms with E-state index < -0.39 is 137 Å². The van der Waals surface area contributed by atoms with Crippen LogP contribution in [-0.4, -0.2) is 239 Å². The highest BCUT2D eigenvalue weighted by atomic mass is 35.5. The average molecular weight is 1670 g/mol. The number of methoxy groups -OCH3 is 4. The van der Waals surface area contributed by atoms with E-state index in [1.165, 1.54) is 76.0 Å². The lowest BCUT2D eigenvalue weighted by Crippen LogP contribution is -2.63. The van der Waals surface area contributed by atoms with Gasteiger partial charge in [0.2, 0.25) is 35.4 Å². The number of carbonyl (C=O) groups is 10. The molecule has 642 valence electrons. The molecule has 0 aliphatic carbocycles. The minimum Gasteiger partial charge on any atom is -0.495 e. The normalized spacial score (nSPS) is 29.8. The van der Waals surface area contributed by atoms with Gasteiger partial charge in [-0.15, -0.1) is 0 Å². The Bertz CT molecular complexity index is 3780. The molecule has 33 heteroatoms. The number of halogens is 2. The van der Waals surface area contributed by atoms with Crippen molar-refractivity contribution in [1.29, 1.82) is 0 Å². The van der Waals surface area contributed by atoms with E-state index in [4.69, 9.17) is 76.3 Å². The van der Waals surface area contributed by atoms with Gasteiger partial charge in [0.05, 0.1) is 50.6 Å².